The van der Waals surface area contributed by atoms with E-state index in [1.807, 2.05) is 6.08 Å². The van der Waals surface area contributed by atoms with E-state index in [9.17, 15) is 5.11 Å². The molecule has 0 aromatic carbocycles. The number of hydrogen-bond donors (Lipinski definition) is 1. The minimum Gasteiger partial charge on any atom is -0.506 e. The highest BCUT2D eigenvalue weighted by Gasteiger charge is 2.12. The largest absolute Gasteiger partial charge is 0.506 e. The monoisotopic (exact) mass is 207 g/mol. The van der Waals surface area contributed by atoms with Crippen molar-refractivity contribution in [2.75, 3.05) is 20.3 Å². The maximum atomic E-state index is 9.68. The van der Waals surface area contributed by atoms with Crippen LogP contribution in [0.1, 0.15) is 12.1 Å². The quantitative estimate of drug-likeness (QED) is 0.800. The normalized spacial score (nSPS) is 15.9. The molecule has 0 spiro atoms. The van der Waals surface area contributed by atoms with Gasteiger partial charge in [-0.3, -0.25) is 0 Å². The van der Waals surface area contributed by atoms with Crippen LogP contribution in [0.2, 0.25) is 0 Å². The Kier molecular flexibility index (Phi) is 2.87. The predicted octanol–water partition coefficient (Wildman–Crippen LogP) is 1.60. The van der Waals surface area contributed by atoms with Gasteiger partial charge in [0.05, 0.1) is 20.3 Å². The summed E-state index contributed by atoms with van der Waals surface area (Å²) in [6, 6.07) is 3.23. The molecule has 0 atom stereocenters. The number of aromatic nitrogens is 1. The summed E-state index contributed by atoms with van der Waals surface area (Å²) >= 11 is 0. The van der Waals surface area contributed by atoms with Gasteiger partial charge >= 0.3 is 0 Å². The average Bonchev–Trinajstić information content (AvgIpc) is 2.31. The number of rotatable bonds is 2. The first-order valence-electron chi connectivity index (χ1n) is 4.82. The molecule has 0 radical (unpaired) electrons. The lowest BCUT2D eigenvalue weighted by Crippen LogP contribution is -2.05. The molecular weight excluding hydrogens is 194 g/mol. The van der Waals surface area contributed by atoms with Gasteiger partial charge in [0.15, 0.2) is 0 Å². The van der Waals surface area contributed by atoms with Crippen molar-refractivity contribution < 1.29 is 14.6 Å². The molecule has 4 heteroatoms. The topological polar surface area (TPSA) is 51.6 Å². The fraction of sp³-hybridized carbons (Fsp3) is 0.364. The number of ether oxygens (including phenoxy) is 2. The number of pyridine rings is 1. The van der Waals surface area contributed by atoms with Crippen LogP contribution in [0.25, 0.3) is 5.57 Å². The van der Waals surface area contributed by atoms with Crippen LogP contribution in [0.15, 0.2) is 18.2 Å². The van der Waals surface area contributed by atoms with Crippen molar-refractivity contribution in [3.05, 3.63) is 23.9 Å². The molecule has 1 N–H and O–H groups in total. The second kappa shape index (κ2) is 4.31. The van der Waals surface area contributed by atoms with Gasteiger partial charge in [0.25, 0.3) is 0 Å². The number of methoxy groups -OCH3 is 1. The molecule has 80 valence electrons. The Balaban J connectivity index is 2.37. The van der Waals surface area contributed by atoms with E-state index < -0.39 is 0 Å². The SMILES string of the molecule is COc1ccc(O)c(C2=CCOCC2)n1. The Morgan fingerprint density at radius 3 is 3.00 bits per heavy atom. The molecule has 1 aliphatic rings. The van der Waals surface area contributed by atoms with E-state index in [4.69, 9.17) is 9.47 Å². The van der Waals surface area contributed by atoms with E-state index in [2.05, 4.69) is 4.98 Å². The molecule has 0 bridgehead atoms. The van der Waals surface area contributed by atoms with E-state index in [-0.39, 0.29) is 5.75 Å². The van der Waals surface area contributed by atoms with Crippen LogP contribution in [0, 0.1) is 0 Å². The molecular formula is C11H13NO3. The minimum absolute atomic E-state index is 0.184. The van der Waals surface area contributed by atoms with E-state index >= 15 is 0 Å². The molecule has 1 aromatic heterocycles. The molecule has 15 heavy (non-hydrogen) atoms. The van der Waals surface area contributed by atoms with Gasteiger partial charge in [-0.15, -0.1) is 0 Å². The third-order valence-corrected chi connectivity index (χ3v) is 2.33. The molecule has 2 heterocycles. The summed E-state index contributed by atoms with van der Waals surface area (Å²) in [6.07, 6.45) is 2.71. The maximum absolute atomic E-state index is 9.68. The standard InChI is InChI=1S/C11H13NO3/c1-14-10-3-2-9(13)11(12-10)8-4-6-15-7-5-8/h2-4,13H,5-7H2,1H3. The van der Waals surface area contributed by atoms with E-state index in [0.29, 0.717) is 24.8 Å². The Hall–Kier alpha value is -1.55. The van der Waals surface area contributed by atoms with Crippen LogP contribution in [0.5, 0.6) is 11.6 Å². The van der Waals surface area contributed by atoms with Gasteiger partial charge in [-0.2, -0.15) is 0 Å². The molecule has 0 amide bonds. The molecule has 0 aliphatic carbocycles. The molecule has 0 saturated carbocycles. The molecule has 0 fully saturated rings. The van der Waals surface area contributed by atoms with E-state index in [1.165, 1.54) is 0 Å². The second-order valence-corrected chi connectivity index (χ2v) is 3.28. The first-order chi connectivity index (χ1) is 7.31. The first kappa shape index (κ1) is 9.98. The van der Waals surface area contributed by atoms with Crippen molar-refractivity contribution in [2.45, 2.75) is 6.42 Å². The zero-order chi connectivity index (χ0) is 10.7. The minimum atomic E-state index is 0.184. The molecule has 0 unspecified atom stereocenters. The number of aromatic hydroxyl groups is 1. The van der Waals surface area contributed by atoms with Gasteiger partial charge in [-0.25, -0.2) is 4.98 Å². The van der Waals surface area contributed by atoms with Crippen molar-refractivity contribution in [2.24, 2.45) is 0 Å². The number of nitrogens with zero attached hydrogens (tertiary/aromatic N) is 1. The fourth-order valence-corrected chi connectivity index (χ4v) is 1.53. The maximum Gasteiger partial charge on any atom is 0.213 e. The third kappa shape index (κ3) is 2.10. The lowest BCUT2D eigenvalue weighted by Gasteiger charge is -2.14. The third-order valence-electron chi connectivity index (χ3n) is 2.33. The summed E-state index contributed by atoms with van der Waals surface area (Å²) < 4.78 is 10.2. The van der Waals surface area contributed by atoms with Crippen molar-refractivity contribution in [3.63, 3.8) is 0 Å². The van der Waals surface area contributed by atoms with Gasteiger partial charge in [0.2, 0.25) is 5.88 Å². The van der Waals surface area contributed by atoms with Crippen LogP contribution in [0.4, 0.5) is 0 Å². The predicted molar refractivity (Wildman–Crippen MR) is 55.9 cm³/mol. The van der Waals surface area contributed by atoms with Crippen molar-refractivity contribution in [1.29, 1.82) is 0 Å². The highest BCUT2D eigenvalue weighted by molar-refractivity contribution is 5.68. The molecule has 0 saturated heterocycles. The Morgan fingerprint density at radius 2 is 2.33 bits per heavy atom. The number of hydrogen-bond acceptors (Lipinski definition) is 4. The summed E-state index contributed by atoms with van der Waals surface area (Å²) in [5, 5.41) is 9.68. The summed E-state index contributed by atoms with van der Waals surface area (Å²) in [4.78, 5) is 4.22. The highest BCUT2D eigenvalue weighted by Crippen LogP contribution is 2.28. The van der Waals surface area contributed by atoms with Gasteiger partial charge < -0.3 is 14.6 Å². The van der Waals surface area contributed by atoms with E-state index in [1.54, 1.807) is 19.2 Å². The lowest BCUT2D eigenvalue weighted by atomic mass is 10.1. The van der Waals surface area contributed by atoms with Crippen molar-refractivity contribution >= 4 is 5.57 Å². The first-order valence-corrected chi connectivity index (χ1v) is 4.82. The van der Waals surface area contributed by atoms with E-state index in [0.717, 1.165) is 12.0 Å². The highest BCUT2D eigenvalue weighted by atomic mass is 16.5. The average molecular weight is 207 g/mol. The van der Waals surface area contributed by atoms with Gasteiger partial charge in [-0.05, 0) is 18.1 Å². The van der Waals surface area contributed by atoms with Crippen molar-refractivity contribution in [3.8, 4) is 11.6 Å². The lowest BCUT2D eigenvalue weighted by molar-refractivity contribution is 0.161. The Bertz CT molecular complexity index is 387. The zero-order valence-electron chi connectivity index (χ0n) is 8.56. The van der Waals surface area contributed by atoms with Crippen LogP contribution >= 0.6 is 0 Å². The zero-order valence-corrected chi connectivity index (χ0v) is 8.56. The Morgan fingerprint density at radius 1 is 1.47 bits per heavy atom. The van der Waals surface area contributed by atoms with Crippen LogP contribution in [0.3, 0.4) is 0 Å². The van der Waals surface area contributed by atoms with Crippen LogP contribution in [-0.4, -0.2) is 30.4 Å². The Labute approximate surface area is 88.2 Å². The fourth-order valence-electron chi connectivity index (χ4n) is 1.53. The molecule has 2 rings (SSSR count). The second-order valence-electron chi connectivity index (χ2n) is 3.28. The van der Waals surface area contributed by atoms with Gasteiger partial charge in [0.1, 0.15) is 11.4 Å². The summed E-state index contributed by atoms with van der Waals surface area (Å²) in [5.74, 6) is 0.694. The summed E-state index contributed by atoms with van der Waals surface area (Å²) in [7, 11) is 1.56. The van der Waals surface area contributed by atoms with Gasteiger partial charge in [0, 0.05) is 6.07 Å². The molecule has 1 aromatic rings. The molecule has 1 aliphatic heterocycles. The smallest absolute Gasteiger partial charge is 0.213 e. The van der Waals surface area contributed by atoms with Crippen LogP contribution < -0.4 is 4.74 Å². The van der Waals surface area contributed by atoms with Crippen molar-refractivity contribution in [1.82, 2.24) is 4.98 Å². The summed E-state index contributed by atoms with van der Waals surface area (Å²) in [6.45, 7) is 1.25. The van der Waals surface area contributed by atoms with Gasteiger partial charge in [-0.1, -0.05) is 6.08 Å². The molecule has 4 nitrogen and oxygen atoms in total. The summed E-state index contributed by atoms with van der Waals surface area (Å²) in [5.41, 5.74) is 1.61. The van der Waals surface area contributed by atoms with Crippen LogP contribution in [-0.2, 0) is 4.74 Å².